The number of aromatic hydroxyl groups is 2. The van der Waals surface area contributed by atoms with Crippen LogP contribution in [0, 0.1) is 5.41 Å². The lowest BCUT2D eigenvalue weighted by atomic mass is 9.92. The summed E-state index contributed by atoms with van der Waals surface area (Å²) < 4.78 is 0. The Morgan fingerprint density at radius 1 is 1.12 bits per heavy atom. The first-order valence-electron chi connectivity index (χ1n) is 5.60. The first-order chi connectivity index (χ1) is 7.38. The molecule has 3 N–H and O–H groups in total. The van der Waals surface area contributed by atoms with E-state index < -0.39 is 0 Å². The van der Waals surface area contributed by atoms with Gasteiger partial charge < -0.3 is 15.5 Å². The van der Waals surface area contributed by atoms with Crippen molar-refractivity contribution in [1.29, 1.82) is 0 Å². The normalized spacial score (nSPS) is 11.7. The van der Waals surface area contributed by atoms with Gasteiger partial charge in [0.25, 0.3) is 0 Å². The van der Waals surface area contributed by atoms with Gasteiger partial charge in [-0.1, -0.05) is 26.8 Å². The standard InChI is InChI=1S/C13H21NO2/c1-13(2,3)6-7-14-9-10-4-5-11(15)12(16)8-10/h4-5,8,14-16H,6-7,9H2,1-3H3. The highest BCUT2D eigenvalue weighted by Gasteiger charge is 2.08. The third-order valence-corrected chi connectivity index (χ3v) is 2.42. The number of hydrogen-bond acceptors (Lipinski definition) is 3. The predicted molar refractivity (Wildman–Crippen MR) is 65.6 cm³/mol. The molecule has 0 heterocycles. The third kappa shape index (κ3) is 4.53. The Morgan fingerprint density at radius 2 is 1.81 bits per heavy atom. The van der Waals surface area contributed by atoms with Crippen LogP contribution < -0.4 is 5.32 Å². The van der Waals surface area contributed by atoms with E-state index in [9.17, 15) is 5.11 Å². The molecule has 0 spiro atoms. The summed E-state index contributed by atoms with van der Waals surface area (Å²) in [4.78, 5) is 0. The highest BCUT2D eigenvalue weighted by molar-refractivity contribution is 5.40. The fraction of sp³-hybridized carbons (Fsp3) is 0.538. The second-order valence-electron chi connectivity index (χ2n) is 5.31. The molecule has 0 fully saturated rings. The maximum Gasteiger partial charge on any atom is 0.157 e. The van der Waals surface area contributed by atoms with Crippen molar-refractivity contribution in [2.45, 2.75) is 33.7 Å². The number of phenolic OH excluding ortho intramolecular Hbond substituents is 2. The summed E-state index contributed by atoms with van der Waals surface area (Å²) in [6.45, 7) is 8.29. The summed E-state index contributed by atoms with van der Waals surface area (Å²) in [5.74, 6) is -0.131. The van der Waals surface area contributed by atoms with Crippen LogP contribution in [0.4, 0.5) is 0 Å². The van der Waals surface area contributed by atoms with Crippen molar-refractivity contribution in [3.8, 4) is 11.5 Å². The van der Waals surface area contributed by atoms with Crippen LogP contribution in [-0.2, 0) is 6.54 Å². The van der Waals surface area contributed by atoms with Crippen LogP contribution in [0.15, 0.2) is 18.2 Å². The molecule has 90 valence electrons. The fourth-order valence-corrected chi connectivity index (χ4v) is 1.38. The summed E-state index contributed by atoms with van der Waals surface area (Å²) >= 11 is 0. The summed E-state index contributed by atoms with van der Waals surface area (Å²) in [7, 11) is 0. The van der Waals surface area contributed by atoms with Crippen LogP contribution in [0.1, 0.15) is 32.8 Å². The molecule has 3 heteroatoms. The average molecular weight is 223 g/mol. The van der Waals surface area contributed by atoms with Crippen LogP contribution >= 0.6 is 0 Å². The van der Waals surface area contributed by atoms with Crippen LogP contribution in [0.25, 0.3) is 0 Å². The highest BCUT2D eigenvalue weighted by Crippen LogP contribution is 2.24. The quantitative estimate of drug-likeness (QED) is 0.543. The average Bonchev–Trinajstić information content (AvgIpc) is 2.17. The largest absolute Gasteiger partial charge is 0.504 e. The monoisotopic (exact) mass is 223 g/mol. The van der Waals surface area contributed by atoms with Gasteiger partial charge in [-0.15, -0.1) is 0 Å². The van der Waals surface area contributed by atoms with Gasteiger partial charge in [-0.25, -0.2) is 0 Å². The summed E-state index contributed by atoms with van der Waals surface area (Å²) in [6, 6.07) is 4.90. The Bertz CT molecular complexity index is 342. The van der Waals surface area contributed by atoms with Crippen LogP contribution in [0.5, 0.6) is 11.5 Å². The lowest BCUT2D eigenvalue weighted by Crippen LogP contribution is -2.20. The van der Waals surface area contributed by atoms with Crippen molar-refractivity contribution < 1.29 is 10.2 Å². The predicted octanol–water partition coefficient (Wildman–Crippen LogP) is 2.62. The topological polar surface area (TPSA) is 52.5 Å². The second kappa shape index (κ2) is 5.21. The van der Waals surface area contributed by atoms with Gasteiger partial charge in [-0.2, -0.15) is 0 Å². The van der Waals surface area contributed by atoms with Crippen molar-refractivity contribution in [3.05, 3.63) is 23.8 Å². The zero-order valence-electron chi connectivity index (χ0n) is 10.2. The molecule has 0 saturated heterocycles. The van der Waals surface area contributed by atoms with Crippen LogP contribution in [0.2, 0.25) is 0 Å². The Labute approximate surface area is 97.1 Å². The number of nitrogens with one attached hydrogen (secondary N) is 1. The number of rotatable bonds is 4. The zero-order chi connectivity index (χ0) is 12.2. The summed E-state index contributed by atoms with van der Waals surface area (Å²) in [5, 5.41) is 21.8. The van der Waals surface area contributed by atoms with E-state index in [2.05, 4.69) is 26.1 Å². The molecule has 0 bridgehead atoms. The van der Waals surface area contributed by atoms with Crippen molar-refractivity contribution >= 4 is 0 Å². The molecule has 0 saturated carbocycles. The highest BCUT2D eigenvalue weighted by atomic mass is 16.3. The van der Waals surface area contributed by atoms with Gasteiger partial charge in [0, 0.05) is 6.54 Å². The van der Waals surface area contributed by atoms with E-state index in [0.717, 1.165) is 18.5 Å². The van der Waals surface area contributed by atoms with Crippen molar-refractivity contribution in [2.75, 3.05) is 6.54 Å². The zero-order valence-corrected chi connectivity index (χ0v) is 10.2. The molecule has 0 atom stereocenters. The van der Waals surface area contributed by atoms with E-state index >= 15 is 0 Å². The van der Waals surface area contributed by atoms with E-state index in [-0.39, 0.29) is 11.5 Å². The van der Waals surface area contributed by atoms with Gasteiger partial charge in [-0.3, -0.25) is 0 Å². The van der Waals surface area contributed by atoms with Crippen molar-refractivity contribution in [3.63, 3.8) is 0 Å². The molecule has 3 nitrogen and oxygen atoms in total. The molecule has 1 aromatic carbocycles. The molecular formula is C13H21NO2. The lowest BCUT2D eigenvalue weighted by Gasteiger charge is -2.18. The molecular weight excluding hydrogens is 202 g/mol. The SMILES string of the molecule is CC(C)(C)CCNCc1ccc(O)c(O)c1. The first kappa shape index (κ1) is 12.8. The smallest absolute Gasteiger partial charge is 0.157 e. The first-order valence-corrected chi connectivity index (χ1v) is 5.60. The van der Waals surface area contributed by atoms with Gasteiger partial charge in [0.2, 0.25) is 0 Å². The molecule has 0 aliphatic carbocycles. The molecule has 0 radical (unpaired) electrons. The molecule has 1 aromatic rings. The lowest BCUT2D eigenvalue weighted by molar-refractivity contribution is 0.366. The Morgan fingerprint density at radius 3 is 2.38 bits per heavy atom. The minimum absolute atomic E-state index is 0.0601. The van der Waals surface area contributed by atoms with Gasteiger partial charge in [0.1, 0.15) is 0 Å². The van der Waals surface area contributed by atoms with Crippen molar-refractivity contribution in [1.82, 2.24) is 5.32 Å². The van der Waals surface area contributed by atoms with Crippen molar-refractivity contribution in [2.24, 2.45) is 5.41 Å². The van der Waals surface area contributed by atoms with Gasteiger partial charge in [0.05, 0.1) is 0 Å². The van der Waals surface area contributed by atoms with E-state index in [4.69, 9.17) is 5.11 Å². The number of hydrogen-bond donors (Lipinski definition) is 3. The molecule has 0 aliphatic rings. The minimum Gasteiger partial charge on any atom is -0.504 e. The maximum absolute atomic E-state index is 9.31. The van der Waals surface area contributed by atoms with E-state index in [1.54, 1.807) is 12.1 Å². The third-order valence-electron chi connectivity index (χ3n) is 2.42. The molecule has 0 aromatic heterocycles. The number of benzene rings is 1. The minimum atomic E-state index is -0.0709. The van der Waals surface area contributed by atoms with Gasteiger partial charge in [-0.05, 0) is 36.1 Å². The Hall–Kier alpha value is -1.22. The second-order valence-corrected chi connectivity index (χ2v) is 5.31. The Balaban J connectivity index is 2.35. The fourth-order valence-electron chi connectivity index (χ4n) is 1.38. The van der Waals surface area contributed by atoms with Crippen LogP contribution in [-0.4, -0.2) is 16.8 Å². The molecule has 0 aliphatic heterocycles. The van der Waals surface area contributed by atoms with Gasteiger partial charge >= 0.3 is 0 Å². The maximum atomic E-state index is 9.31. The van der Waals surface area contributed by atoms with Gasteiger partial charge in [0.15, 0.2) is 11.5 Å². The molecule has 16 heavy (non-hydrogen) atoms. The molecule has 1 rings (SSSR count). The summed E-state index contributed by atoms with van der Waals surface area (Å²) in [6.07, 6.45) is 1.11. The Kier molecular flexibility index (Phi) is 4.19. The van der Waals surface area contributed by atoms with E-state index in [1.807, 2.05) is 0 Å². The number of phenols is 2. The van der Waals surface area contributed by atoms with E-state index in [1.165, 1.54) is 6.07 Å². The molecule has 0 unspecified atom stereocenters. The van der Waals surface area contributed by atoms with Crippen LogP contribution in [0.3, 0.4) is 0 Å². The molecule has 0 amide bonds. The summed E-state index contributed by atoms with van der Waals surface area (Å²) in [5.41, 5.74) is 1.31. The van der Waals surface area contributed by atoms with E-state index in [0.29, 0.717) is 12.0 Å².